The molecule has 0 aliphatic carbocycles. The maximum atomic E-state index is 13.8. The fraction of sp³-hybridized carbons (Fsp3) is 0.488. The number of carboxylic acid groups (broad SMARTS) is 1. The summed E-state index contributed by atoms with van der Waals surface area (Å²) < 4.78 is 4.86. The van der Waals surface area contributed by atoms with Gasteiger partial charge in [-0.1, -0.05) is 76.2 Å². The number of carbonyl (C=O) groups is 7. The Balaban J connectivity index is 1.73. The van der Waals surface area contributed by atoms with E-state index >= 15 is 0 Å². The highest BCUT2D eigenvalue weighted by atomic mass is 16.5. The standard InChI is InChI=1S/C41H56N6O10/c1-23(2)18-31(45-40(55)37(24(3)4)47-39(54)32(43-25(5)48)20-27-22-42-29-15-11-10-14-28(27)29)34(49)21-35(50)44-30(16-17-36(51)52)38(53)46-33(41(56)57-6)19-26-12-8-7-9-13-26/h7-15,22-24,30-34,37,42,49H,16-21H2,1-6H3,(H,43,48)(H,44,50)(H,45,55)(H,46,53)(H,47,54)(H,51,52)/t30-,31?,32-,33-,34-,37-/m0/s1. The van der Waals surface area contributed by atoms with Crippen LogP contribution in [0.15, 0.2) is 60.8 Å². The van der Waals surface area contributed by atoms with Gasteiger partial charge in [0.1, 0.15) is 24.2 Å². The van der Waals surface area contributed by atoms with Gasteiger partial charge in [-0.3, -0.25) is 28.8 Å². The number of H-pyrrole nitrogens is 1. The van der Waals surface area contributed by atoms with E-state index in [1.54, 1.807) is 50.4 Å². The number of aliphatic hydroxyl groups excluding tert-OH is 1. The van der Waals surface area contributed by atoms with Crippen LogP contribution in [0.3, 0.4) is 0 Å². The summed E-state index contributed by atoms with van der Waals surface area (Å²) >= 11 is 0. The number of aliphatic carboxylic acids is 1. The van der Waals surface area contributed by atoms with Crippen molar-refractivity contribution < 1.29 is 48.5 Å². The summed E-state index contributed by atoms with van der Waals surface area (Å²) in [5.74, 6) is -5.72. The maximum Gasteiger partial charge on any atom is 0.328 e. The Bertz CT molecular complexity index is 1850. The first kappa shape index (κ1) is 45.6. The van der Waals surface area contributed by atoms with Crippen LogP contribution in [0.5, 0.6) is 0 Å². The second-order valence-electron chi connectivity index (χ2n) is 14.9. The fourth-order valence-electron chi connectivity index (χ4n) is 6.44. The number of aliphatic hydroxyl groups is 1. The van der Waals surface area contributed by atoms with Crippen LogP contribution in [-0.4, -0.2) is 100 Å². The Kier molecular flexibility index (Phi) is 17.7. The molecular formula is C41H56N6O10. The minimum Gasteiger partial charge on any atom is -0.481 e. The van der Waals surface area contributed by atoms with Crippen molar-refractivity contribution in [1.29, 1.82) is 0 Å². The number of ether oxygens (including phenoxy) is 1. The van der Waals surface area contributed by atoms with Crippen molar-refractivity contribution in [3.63, 3.8) is 0 Å². The lowest BCUT2D eigenvalue weighted by Crippen LogP contribution is -2.58. The van der Waals surface area contributed by atoms with Crippen LogP contribution in [0.25, 0.3) is 10.9 Å². The molecule has 8 N–H and O–H groups in total. The summed E-state index contributed by atoms with van der Waals surface area (Å²) in [6, 6.07) is 10.8. The highest BCUT2D eigenvalue weighted by molar-refractivity contribution is 5.93. The van der Waals surface area contributed by atoms with Crippen molar-refractivity contribution in [2.75, 3.05) is 7.11 Å². The van der Waals surface area contributed by atoms with Crippen molar-refractivity contribution in [2.24, 2.45) is 11.8 Å². The quantitative estimate of drug-likeness (QED) is 0.0687. The van der Waals surface area contributed by atoms with Crippen molar-refractivity contribution in [1.82, 2.24) is 31.6 Å². The lowest BCUT2D eigenvalue weighted by Gasteiger charge is -2.30. The van der Waals surface area contributed by atoms with E-state index in [2.05, 4.69) is 31.6 Å². The van der Waals surface area contributed by atoms with Crippen LogP contribution in [-0.2, 0) is 51.1 Å². The zero-order valence-corrected chi connectivity index (χ0v) is 33.3. The van der Waals surface area contributed by atoms with E-state index in [1.165, 1.54) is 6.92 Å². The average Bonchev–Trinajstić information content (AvgIpc) is 3.56. The smallest absolute Gasteiger partial charge is 0.328 e. The van der Waals surface area contributed by atoms with Crippen LogP contribution in [0.2, 0.25) is 0 Å². The number of aromatic amines is 1. The number of fused-ring (bicyclic) bond motifs is 1. The van der Waals surface area contributed by atoms with E-state index in [0.717, 1.165) is 29.1 Å². The SMILES string of the molecule is COC(=O)[C@H](Cc1ccccc1)NC(=O)[C@H](CCC(=O)O)NC(=O)C[C@H](O)C(CC(C)C)NC(=O)[C@@H](NC(=O)[C@H](Cc1c[nH]c2ccccc12)NC(C)=O)C(C)C. The zero-order valence-electron chi connectivity index (χ0n) is 33.3. The average molecular weight is 793 g/mol. The Morgan fingerprint density at radius 2 is 1.40 bits per heavy atom. The number of hydrogen-bond acceptors (Lipinski definition) is 9. The topological polar surface area (TPSA) is 245 Å². The summed E-state index contributed by atoms with van der Waals surface area (Å²) in [5, 5.41) is 34.8. The molecule has 0 fully saturated rings. The van der Waals surface area contributed by atoms with Crippen LogP contribution in [0.1, 0.15) is 71.4 Å². The summed E-state index contributed by atoms with van der Waals surface area (Å²) in [7, 11) is 1.16. The summed E-state index contributed by atoms with van der Waals surface area (Å²) in [4.78, 5) is 93.4. The Hall–Kier alpha value is -5.77. The molecule has 16 heteroatoms. The number of carbonyl (C=O) groups excluding carboxylic acids is 6. The van der Waals surface area contributed by atoms with E-state index in [9.17, 15) is 43.8 Å². The van der Waals surface area contributed by atoms with Gasteiger partial charge in [-0.15, -0.1) is 0 Å². The van der Waals surface area contributed by atoms with Crippen LogP contribution in [0, 0.1) is 11.8 Å². The Morgan fingerprint density at radius 1 is 0.754 bits per heavy atom. The molecule has 3 rings (SSSR count). The van der Waals surface area contributed by atoms with Crippen LogP contribution >= 0.6 is 0 Å². The second-order valence-corrected chi connectivity index (χ2v) is 14.9. The molecule has 0 radical (unpaired) electrons. The molecule has 1 unspecified atom stereocenters. The third-order valence-corrected chi connectivity index (χ3v) is 9.34. The van der Waals surface area contributed by atoms with Gasteiger partial charge >= 0.3 is 11.9 Å². The highest BCUT2D eigenvalue weighted by Crippen LogP contribution is 2.20. The molecule has 0 saturated heterocycles. The molecule has 1 heterocycles. The normalized spacial score (nSPS) is 14.4. The van der Waals surface area contributed by atoms with Gasteiger partial charge in [-0.2, -0.15) is 0 Å². The zero-order chi connectivity index (χ0) is 42.2. The number of aromatic nitrogens is 1. The fourth-order valence-corrected chi connectivity index (χ4v) is 6.44. The molecule has 310 valence electrons. The molecule has 3 aromatic rings. The molecule has 0 saturated carbocycles. The minimum atomic E-state index is -1.46. The molecule has 6 atom stereocenters. The van der Waals surface area contributed by atoms with Gasteiger partial charge in [0.15, 0.2) is 0 Å². The van der Waals surface area contributed by atoms with Gasteiger partial charge in [0.2, 0.25) is 29.5 Å². The second kappa shape index (κ2) is 22.1. The number of amides is 5. The third kappa shape index (κ3) is 14.7. The van der Waals surface area contributed by atoms with Crippen molar-refractivity contribution in [3.05, 3.63) is 71.9 Å². The highest BCUT2D eigenvalue weighted by Gasteiger charge is 2.34. The van der Waals surface area contributed by atoms with E-state index in [0.29, 0.717) is 0 Å². The number of carboxylic acids is 1. The molecule has 57 heavy (non-hydrogen) atoms. The Labute approximate surface area is 332 Å². The lowest BCUT2D eigenvalue weighted by molar-refractivity contribution is -0.145. The number of nitrogens with one attached hydrogen (secondary N) is 6. The molecule has 2 aromatic carbocycles. The predicted octanol–water partition coefficient (Wildman–Crippen LogP) is 1.89. The maximum absolute atomic E-state index is 13.8. The van der Waals surface area contributed by atoms with Crippen molar-refractivity contribution in [3.8, 4) is 0 Å². The van der Waals surface area contributed by atoms with Gasteiger partial charge in [0.05, 0.1) is 25.7 Å². The van der Waals surface area contributed by atoms with E-state index in [1.807, 2.05) is 38.1 Å². The van der Waals surface area contributed by atoms with Crippen LogP contribution in [0.4, 0.5) is 0 Å². The van der Waals surface area contributed by atoms with Gasteiger partial charge in [0, 0.05) is 43.3 Å². The molecule has 0 bridgehead atoms. The molecular weight excluding hydrogens is 736 g/mol. The summed E-state index contributed by atoms with van der Waals surface area (Å²) in [6.45, 7) is 8.46. The van der Waals surface area contributed by atoms with Crippen LogP contribution < -0.4 is 26.6 Å². The minimum absolute atomic E-state index is 0.0608. The van der Waals surface area contributed by atoms with Crippen molar-refractivity contribution >= 4 is 52.4 Å². The lowest BCUT2D eigenvalue weighted by atomic mass is 9.95. The van der Waals surface area contributed by atoms with Gasteiger partial charge in [-0.25, -0.2) is 4.79 Å². The molecule has 0 aliphatic rings. The van der Waals surface area contributed by atoms with E-state index in [-0.39, 0.29) is 31.6 Å². The van der Waals surface area contributed by atoms with Gasteiger partial charge in [-0.05, 0) is 41.9 Å². The third-order valence-electron chi connectivity index (χ3n) is 9.34. The molecule has 0 aliphatic heterocycles. The molecule has 16 nitrogen and oxygen atoms in total. The monoisotopic (exact) mass is 792 g/mol. The summed E-state index contributed by atoms with van der Waals surface area (Å²) in [6.07, 6.45) is -0.621. The first-order valence-electron chi connectivity index (χ1n) is 19.0. The number of para-hydroxylation sites is 1. The Morgan fingerprint density at radius 3 is 2.02 bits per heavy atom. The molecule has 5 amide bonds. The number of benzene rings is 2. The largest absolute Gasteiger partial charge is 0.481 e. The van der Waals surface area contributed by atoms with Gasteiger partial charge in [0.25, 0.3) is 0 Å². The number of esters is 1. The van der Waals surface area contributed by atoms with Crippen molar-refractivity contribution in [2.45, 2.75) is 109 Å². The van der Waals surface area contributed by atoms with E-state index in [4.69, 9.17) is 4.74 Å². The number of methoxy groups -OCH3 is 1. The first-order valence-corrected chi connectivity index (χ1v) is 19.0. The van der Waals surface area contributed by atoms with E-state index < -0.39 is 96.5 Å². The van der Waals surface area contributed by atoms with Gasteiger partial charge < -0.3 is 46.5 Å². The first-order chi connectivity index (χ1) is 27.0. The predicted molar refractivity (Wildman–Crippen MR) is 211 cm³/mol. The number of hydrogen-bond donors (Lipinski definition) is 8. The number of rotatable bonds is 22. The summed E-state index contributed by atoms with van der Waals surface area (Å²) in [5.41, 5.74) is 2.38. The molecule has 0 spiro atoms. The molecule has 1 aromatic heterocycles.